The number of esters is 1. The number of fused-ring (bicyclic) bond motifs is 1. The first-order valence-electron chi connectivity index (χ1n) is 6.70. The lowest BCUT2D eigenvalue weighted by atomic mass is 10.3. The largest absolute Gasteiger partial charge is 0.461 e. The van der Waals surface area contributed by atoms with Gasteiger partial charge in [0.15, 0.2) is 11.5 Å². The van der Waals surface area contributed by atoms with Gasteiger partial charge in [-0.25, -0.2) is 9.78 Å². The number of pyridine rings is 1. The summed E-state index contributed by atoms with van der Waals surface area (Å²) in [5.41, 5.74) is 0.813. The lowest BCUT2D eigenvalue weighted by Gasteiger charge is -2.05. The van der Waals surface area contributed by atoms with E-state index in [1.807, 2.05) is 0 Å². The molecule has 0 aliphatic carbocycles. The van der Waals surface area contributed by atoms with Gasteiger partial charge in [0.05, 0.1) is 12.3 Å². The van der Waals surface area contributed by atoms with E-state index in [0.29, 0.717) is 17.2 Å². The average molecular weight is 299 g/mol. The van der Waals surface area contributed by atoms with Gasteiger partial charge in [0.2, 0.25) is 0 Å². The highest BCUT2D eigenvalue weighted by Crippen LogP contribution is 2.11. The summed E-state index contributed by atoms with van der Waals surface area (Å²) in [4.78, 5) is 28.2. The Balaban J connectivity index is 2.12. The molecule has 3 rings (SSSR count). The molecule has 0 saturated heterocycles. The maximum Gasteiger partial charge on any atom is 0.360 e. The predicted molar refractivity (Wildman–Crippen MR) is 77.1 cm³/mol. The van der Waals surface area contributed by atoms with Crippen molar-refractivity contribution in [2.24, 2.45) is 0 Å². The van der Waals surface area contributed by atoms with Crippen molar-refractivity contribution < 1.29 is 9.53 Å². The standard InChI is InChI=1S/C14H13N5O3/c1-3-22-14(21)13-9(2)19(17-16-13)11-8-12(20)18-7-5-4-6-10(18)15-11/h4-8H,3H2,1-2H3. The van der Waals surface area contributed by atoms with E-state index in [-0.39, 0.29) is 17.9 Å². The van der Waals surface area contributed by atoms with E-state index in [2.05, 4.69) is 15.3 Å². The van der Waals surface area contributed by atoms with Gasteiger partial charge < -0.3 is 4.74 Å². The molecule has 0 atom stereocenters. The quantitative estimate of drug-likeness (QED) is 0.663. The summed E-state index contributed by atoms with van der Waals surface area (Å²) in [6, 6.07) is 6.58. The number of carbonyl (C=O) groups is 1. The molecule has 0 unspecified atom stereocenters. The Morgan fingerprint density at radius 2 is 2.18 bits per heavy atom. The third-order valence-electron chi connectivity index (χ3n) is 3.14. The van der Waals surface area contributed by atoms with Crippen molar-refractivity contribution in [3.63, 3.8) is 0 Å². The summed E-state index contributed by atoms with van der Waals surface area (Å²) >= 11 is 0. The minimum Gasteiger partial charge on any atom is -0.461 e. The molecular weight excluding hydrogens is 286 g/mol. The van der Waals surface area contributed by atoms with Crippen LogP contribution in [0.15, 0.2) is 35.3 Å². The van der Waals surface area contributed by atoms with Crippen LogP contribution >= 0.6 is 0 Å². The lowest BCUT2D eigenvalue weighted by molar-refractivity contribution is 0.0518. The van der Waals surface area contributed by atoms with E-state index in [0.717, 1.165) is 0 Å². The average Bonchev–Trinajstić information content (AvgIpc) is 2.89. The third kappa shape index (κ3) is 2.24. The highest BCUT2D eigenvalue weighted by molar-refractivity contribution is 5.88. The smallest absolute Gasteiger partial charge is 0.360 e. The Labute approximate surface area is 125 Å². The van der Waals surface area contributed by atoms with Crippen LogP contribution in [0.25, 0.3) is 11.5 Å². The minimum absolute atomic E-state index is 0.108. The monoisotopic (exact) mass is 299 g/mol. The lowest BCUT2D eigenvalue weighted by Crippen LogP contribution is -2.17. The van der Waals surface area contributed by atoms with Gasteiger partial charge in [0.25, 0.3) is 5.56 Å². The summed E-state index contributed by atoms with van der Waals surface area (Å²) in [5, 5.41) is 7.70. The van der Waals surface area contributed by atoms with Crippen LogP contribution < -0.4 is 5.56 Å². The van der Waals surface area contributed by atoms with Gasteiger partial charge in [-0.1, -0.05) is 11.3 Å². The Morgan fingerprint density at radius 1 is 1.36 bits per heavy atom. The number of ether oxygens (including phenoxy) is 1. The fourth-order valence-corrected chi connectivity index (χ4v) is 2.08. The van der Waals surface area contributed by atoms with Crippen LogP contribution in [0.4, 0.5) is 0 Å². The first-order chi connectivity index (χ1) is 10.6. The molecule has 8 heteroatoms. The molecular formula is C14H13N5O3. The van der Waals surface area contributed by atoms with Gasteiger partial charge in [-0.15, -0.1) is 5.10 Å². The molecule has 22 heavy (non-hydrogen) atoms. The van der Waals surface area contributed by atoms with Gasteiger partial charge in [-0.3, -0.25) is 9.20 Å². The molecule has 0 aromatic carbocycles. The highest BCUT2D eigenvalue weighted by atomic mass is 16.5. The highest BCUT2D eigenvalue weighted by Gasteiger charge is 2.19. The molecule has 0 aliphatic rings. The van der Waals surface area contributed by atoms with Crippen LogP contribution in [-0.4, -0.2) is 37.0 Å². The SMILES string of the molecule is CCOC(=O)c1nnn(-c2cc(=O)n3ccccc3n2)c1C. The van der Waals surface area contributed by atoms with Crippen LogP contribution in [0.1, 0.15) is 23.1 Å². The predicted octanol–water partition coefficient (Wildman–Crippen LogP) is 0.760. The summed E-state index contributed by atoms with van der Waals surface area (Å²) < 4.78 is 7.68. The second kappa shape index (κ2) is 5.40. The van der Waals surface area contributed by atoms with E-state index >= 15 is 0 Å². The molecule has 8 nitrogen and oxygen atoms in total. The van der Waals surface area contributed by atoms with Crippen molar-refractivity contribution in [2.45, 2.75) is 13.8 Å². The van der Waals surface area contributed by atoms with Crippen molar-refractivity contribution in [3.05, 3.63) is 52.2 Å². The molecule has 0 bridgehead atoms. The summed E-state index contributed by atoms with van der Waals surface area (Å²) in [7, 11) is 0. The zero-order valence-corrected chi connectivity index (χ0v) is 12.1. The molecule has 0 amide bonds. The van der Waals surface area contributed by atoms with Crippen molar-refractivity contribution >= 4 is 11.6 Å². The van der Waals surface area contributed by atoms with E-state index < -0.39 is 5.97 Å². The van der Waals surface area contributed by atoms with Crippen LogP contribution in [-0.2, 0) is 4.74 Å². The molecule has 0 radical (unpaired) electrons. The number of hydrogen-bond acceptors (Lipinski definition) is 6. The van der Waals surface area contributed by atoms with Crippen molar-refractivity contribution in [3.8, 4) is 5.82 Å². The zero-order valence-electron chi connectivity index (χ0n) is 12.1. The number of aromatic nitrogens is 5. The zero-order chi connectivity index (χ0) is 15.7. The van der Waals surface area contributed by atoms with Gasteiger partial charge in [0.1, 0.15) is 5.65 Å². The summed E-state index contributed by atoms with van der Waals surface area (Å²) in [6.07, 6.45) is 1.63. The van der Waals surface area contributed by atoms with Gasteiger partial charge in [-0.05, 0) is 26.0 Å². The Morgan fingerprint density at radius 3 is 2.95 bits per heavy atom. The second-order valence-corrected chi connectivity index (χ2v) is 4.54. The Bertz CT molecular complexity index is 912. The molecule has 0 saturated carbocycles. The number of hydrogen-bond donors (Lipinski definition) is 0. The van der Waals surface area contributed by atoms with Crippen LogP contribution in [0.2, 0.25) is 0 Å². The van der Waals surface area contributed by atoms with E-state index in [1.54, 1.807) is 38.2 Å². The van der Waals surface area contributed by atoms with Crippen molar-refractivity contribution in [1.29, 1.82) is 0 Å². The number of rotatable bonds is 3. The van der Waals surface area contributed by atoms with E-state index in [4.69, 9.17) is 4.74 Å². The van der Waals surface area contributed by atoms with Gasteiger partial charge in [-0.2, -0.15) is 4.68 Å². The van der Waals surface area contributed by atoms with Crippen LogP contribution in [0.5, 0.6) is 0 Å². The maximum absolute atomic E-state index is 12.1. The second-order valence-electron chi connectivity index (χ2n) is 4.54. The summed E-state index contributed by atoms with van der Waals surface area (Å²) in [5.74, 6) is -0.250. The molecule has 3 heterocycles. The molecule has 112 valence electrons. The molecule has 3 aromatic rings. The van der Waals surface area contributed by atoms with Gasteiger partial charge in [0, 0.05) is 12.3 Å². The van der Waals surface area contributed by atoms with Crippen LogP contribution in [0, 0.1) is 6.92 Å². The van der Waals surface area contributed by atoms with Crippen molar-refractivity contribution in [1.82, 2.24) is 24.4 Å². The topological polar surface area (TPSA) is 91.4 Å². The molecule has 0 fully saturated rings. The Kier molecular flexibility index (Phi) is 3.42. The first kappa shape index (κ1) is 13.9. The van der Waals surface area contributed by atoms with E-state index in [1.165, 1.54) is 15.1 Å². The molecule has 3 aromatic heterocycles. The van der Waals surface area contributed by atoms with Crippen molar-refractivity contribution in [2.75, 3.05) is 6.61 Å². The fraction of sp³-hybridized carbons (Fsp3) is 0.214. The van der Waals surface area contributed by atoms with Crippen LogP contribution in [0.3, 0.4) is 0 Å². The normalized spacial score (nSPS) is 10.8. The fourth-order valence-electron chi connectivity index (χ4n) is 2.08. The third-order valence-corrected chi connectivity index (χ3v) is 3.14. The first-order valence-corrected chi connectivity index (χ1v) is 6.70. The number of nitrogens with zero attached hydrogens (tertiary/aromatic N) is 5. The van der Waals surface area contributed by atoms with E-state index in [9.17, 15) is 9.59 Å². The molecule has 0 spiro atoms. The minimum atomic E-state index is -0.552. The maximum atomic E-state index is 12.1. The van der Waals surface area contributed by atoms with Gasteiger partial charge >= 0.3 is 5.97 Å². The summed E-state index contributed by atoms with van der Waals surface area (Å²) in [6.45, 7) is 3.63. The number of carbonyl (C=O) groups excluding carboxylic acids is 1. The molecule has 0 N–H and O–H groups in total. The molecule has 0 aliphatic heterocycles. The Hall–Kier alpha value is -3.03.